The lowest BCUT2D eigenvalue weighted by Crippen LogP contribution is -2.41. The number of β-amino-alcohol motifs (C(OH)–C–C–N with tert-alkyl or cyclic N) is 1. The zero-order chi connectivity index (χ0) is 14.8. The molecule has 0 saturated carbocycles. The molecule has 108 valence electrons. The van der Waals surface area contributed by atoms with E-state index < -0.39 is 5.60 Å². The van der Waals surface area contributed by atoms with E-state index in [1.54, 1.807) is 43.1 Å². The Morgan fingerprint density at radius 3 is 2.55 bits per heavy atom. The summed E-state index contributed by atoms with van der Waals surface area (Å²) in [6.45, 7) is 2.63. The minimum atomic E-state index is -0.808. The number of carbonyl (C=O) groups is 2. The highest BCUT2D eigenvalue weighted by Crippen LogP contribution is 2.20. The Hall–Kier alpha value is -1.88. The van der Waals surface area contributed by atoms with Gasteiger partial charge in [-0.05, 0) is 25.5 Å². The number of aliphatic hydroxyl groups is 1. The van der Waals surface area contributed by atoms with Gasteiger partial charge in [0, 0.05) is 25.7 Å². The molecule has 0 radical (unpaired) electrons. The third-order valence-electron chi connectivity index (χ3n) is 3.54. The summed E-state index contributed by atoms with van der Waals surface area (Å²) in [7, 11) is 1.61. The Bertz CT molecular complexity index is 499. The molecule has 1 aromatic rings. The van der Waals surface area contributed by atoms with Crippen molar-refractivity contribution in [1.29, 1.82) is 0 Å². The van der Waals surface area contributed by atoms with Crippen molar-refractivity contribution in [2.45, 2.75) is 18.9 Å². The molecular formula is C15H20N2O3. The Kier molecular flexibility index (Phi) is 4.09. The van der Waals surface area contributed by atoms with Crippen molar-refractivity contribution in [3.8, 4) is 0 Å². The number of amides is 2. The number of carbonyl (C=O) groups excluding carboxylic acids is 2. The van der Waals surface area contributed by atoms with Gasteiger partial charge in [0.2, 0.25) is 5.91 Å². The fraction of sp³-hybridized carbons (Fsp3) is 0.467. The quantitative estimate of drug-likeness (QED) is 0.886. The molecule has 1 aliphatic rings. The molecular weight excluding hydrogens is 256 g/mol. The van der Waals surface area contributed by atoms with Crippen LogP contribution in [0.1, 0.15) is 23.7 Å². The number of nitrogens with zero attached hydrogens (tertiary/aromatic N) is 2. The molecule has 5 heteroatoms. The summed E-state index contributed by atoms with van der Waals surface area (Å²) in [5.74, 6) is -0.306. The van der Waals surface area contributed by atoms with E-state index in [9.17, 15) is 14.7 Å². The third kappa shape index (κ3) is 3.36. The van der Waals surface area contributed by atoms with Crippen molar-refractivity contribution in [3.63, 3.8) is 0 Å². The highest BCUT2D eigenvalue weighted by Gasteiger charge is 2.34. The maximum absolute atomic E-state index is 12.1. The zero-order valence-electron chi connectivity index (χ0n) is 11.9. The van der Waals surface area contributed by atoms with E-state index in [1.165, 1.54) is 4.90 Å². The van der Waals surface area contributed by atoms with Gasteiger partial charge >= 0.3 is 0 Å². The minimum Gasteiger partial charge on any atom is -0.388 e. The van der Waals surface area contributed by atoms with Crippen LogP contribution in [0.5, 0.6) is 0 Å². The fourth-order valence-corrected chi connectivity index (χ4v) is 2.33. The molecule has 0 spiro atoms. The maximum atomic E-state index is 12.1. The van der Waals surface area contributed by atoms with Crippen molar-refractivity contribution in [2.75, 3.05) is 26.7 Å². The Morgan fingerprint density at radius 1 is 1.35 bits per heavy atom. The van der Waals surface area contributed by atoms with Crippen molar-refractivity contribution < 1.29 is 14.7 Å². The van der Waals surface area contributed by atoms with E-state index in [0.29, 0.717) is 25.1 Å². The Balaban J connectivity index is 1.93. The van der Waals surface area contributed by atoms with Crippen molar-refractivity contribution in [1.82, 2.24) is 9.80 Å². The molecule has 1 heterocycles. The van der Waals surface area contributed by atoms with Gasteiger partial charge in [0.25, 0.3) is 5.91 Å². The van der Waals surface area contributed by atoms with E-state index in [-0.39, 0.29) is 18.4 Å². The van der Waals surface area contributed by atoms with Crippen molar-refractivity contribution >= 4 is 11.8 Å². The van der Waals surface area contributed by atoms with E-state index in [1.807, 2.05) is 6.07 Å². The molecule has 5 nitrogen and oxygen atoms in total. The maximum Gasteiger partial charge on any atom is 0.254 e. The van der Waals surface area contributed by atoms with E-state index >= 15 is 0 Å². The Labute approximate surface area is 118 Å². The lowest BCUT2D eigenvalue weighted by molar-refractivity contribution is -0.131. The van der Waals surface area contributed by atoms with Crippen LogP contribution >= 0.6 is 0 Å². The van der Waals surface area contributed by atoms with Crippen LogP contribution in [0.4, 0.5) is 0 Å². The predicted molar refractivity (Wildman–Crippen MR) is 75.2 cm³/mol. The average Bonchev–Trinajstić information content (AvgIpc) is 2.79. The van der Waals surface area contributed by atoms with Gasteiger partial charge in [0.15, 0.2) is 0 Å². The number of likely N-dealkylation sites (N-methyl/N-ethyl adjacent to an activating group) is 1. The zero-order valence-corrected chi connectivity index (χ0v) is 11.9. The van der Waals surface area contributed by atoms with Crippen LogP contribution in [-0.4, -0.2) is 59.0 Å². The summed E-state index contributed by atoms with van der Waals surface area (Å²) in [5.41, 5.74) is -0.242. The third-order valence-corrected chi connectivity index (χ3v) is 3.54. The van der Waals surface area contributed by atoms with Gasteiger partial charge in [-0.3, -0.25) is 9.59 Å². The molecule has 1 N–H and O–H groups in total. The molecule has 1 unspecified atom stereocenters. The first-order valence-electron chi connectivity index (χ1n) is 6.70. The smallest absolute Gasteiger partial charge is 0.254 e. The monoisotopic (exact) mass is 276 g/mol. The summed E-state index contributed by atoms with van der Waals surface area (Å²) in [4.78, 5) is 27.2. The van der Waals surface area contributed by atoms with Crippen LogP contribution < -0.4 is 0 Å². The summed E-state index contributed by atoms with van der Waals surface area (Å²) >= 11 is 0. The largest absolute Gasteiger partial charge is 0.388 e. The lowest BCUT2D eigenvalue weighted by Gasteiger charge is -2.23. The van der Waals surface area contributed by atoms with Crippen LogP contribution in [0.15, 0.2) is 30.3 Å². The number of hydrogen-bond donors (Lipinski definition) is 1. The topological polar surface area (TPSA) is 60.9 Å². The van der Waals surface area contributed by atoms with Gasteiger partial charge in [-0.15, -0.1) is 0 Å². The Morgan fingerprint density at radius 2 is 2.00 bits per heavy atom. The fourth-order valence-electron chi connectivity index (χ4n) is 2.33. The van der Waals surface area contributed by atoms with Gasteiger partial charge in [-0.25, -0.2) is 0 Å². The molecule has 2 rings (SSSR count). The minimum absolute atomic E-state index is 0.0316. The van der Waals surface area contributed by atoms with Crippen LogP contribution in [-0.2, 0) is 4.79 Å². The van der Waals surface area contributed by atoms with Crippen molar-refractivity contribution in [3.05, 3.63) is 35.9 Å². The highest BCUT2D eigenvalue weighted by atomic mass is 16.3. The summed E-state index contributed by atoms with van der Waals surface area (Å²) < 4.78 is 0. The van der Waals surface area contributed by atoms with Gasteiger partial charge in [0.05, 0.1) is 12.1 Å². The average molecular weight is 276 g/mol. The first kappa shape index (κ1) is 14.5. The van der Waals surface area contributed by atoms with Gasteiger partial charge in [0.1, 0.15) is 0 Å². The second kappa shape index (κ2) is 5.63. The summed E-state index contributed by atoms with van der Waals surface area (Å²) in [6, 6.07) is 8.88. The first-order valence-corrected chi connectivity index (χ1v) is 6.70. The van der Waals surface area contributed by atoms with E-state index in [2.05, 4.69) is 0 Å². The number of hydrogen-bond acceptors (Lipinski definition) is 3. The summed E-state index contributed by atoms with van der Waals surface area (Å²) in [6.07, 6.45) is 0.578. The predicted octanol–water partition coefficient (Wildman–Crippen LogP) is 0.742. The number of benzene rings is 1. The van der Waals surface area contributed by atoms with Gasteiger partial charge in [-0.2, -0.15) is 0 Å². The molecule has 1 aliphatic heterocycles. The van der Waals surface area contributed by atoms with E-state index in [0.717, 1.165) is 0 Å². The molecule has 1 saturated heterocycles. The molecule has 0 bridgehead atoms. The molecule has 0 aromatic heterocycles. The van der Waals surface area contributed by atoms with Gasteiger partial charge < -0.3 is 14.9 Å². The normalized spacial score (nSPS) is 21.9. The molecule has 1 atom stereocenters. The standard InChI is InChI=1S/C15H20N2O3/c1-15(20)8-9-17(11-15)13(18)10-16(2)14(19)12-6-4-3-5-7-12/h3-7,20H,8-11H2,1-2H3. The van der Waals surface area contributed by atoms with Crippen molar-refractivity contribution in [2.24, 2.45) is 0 Å². The van der Waals surface area contributed by atoms with Gasteiger partial charge in [-0.1, -0.05) is 18.2 Å². The van der Waals surface area contributed by atoms with Crippen LogP contribution in [0, 0.1) is 0 Å². The molecule has 1 aromatic carbocycles. The number of likely N-dealkylation sites (tertiary alicyclic amines) is 1. The molecule has 0 aliphatic carbocycles. The second-order valence-corrected chi connectivity index (χ2v) is 5.59. The van der Waals surface area contributed by atoms with Crippen LogP contribution in [0.25, 0.3) is 0 Å². The number of rotatable bonds is 3. The van der Waals surface area contributed by atoms with E-state index in [4.69, 9.17) is 0 Å². The SMILES string of the molecule is CN(CC(=O)N1CCC(C)(O)C1)C(=O)c1ccccc1. The van der Waals surface area contributed by atoms with Crippen LogP contribution in [0.3, 0.4) is 0 Å². The highest BCUT2D eigenvalue weighted by molar-refractivity contribution is 5.96. The first-order chi connectivity index (χ1) is 9.39. The summed E-state index contributed by atoms with van der Waals surface area (Å²) in [5, 5.41) is 9.86. The molecule has 2 amide bonds. The lowest BCUT2D eigenvalue weighted by atomic mass is 10.1. The second-order valence-electron chi connectivity index (χ2n) is 5.59. The van der Waals surface area contributed by atoms with Crippen LogP contribution in [0.2, 0.25) is 0 Å². The molecule has 20 heavy (non-hydrogen) atoms. The molecule has 1 fully saturated rings.